The number of rotatable bonds is 1. The minimum absolute atomic E-state index is 0.236. The van der Waals surface area contributed by atoms with E-state index in [1.807, 2.05) is 0 Å². The summed E-state index contributed by atoms with van der Waals surface area (Å²) in [5.41, 5.74) is 4.99. The van der Waals surface area contributed by atoms with Crippen molar-refractivity contribution in [3.8, 4) is 0 Å². The lowest BCUT2D eigenvalue weighted by atomic mass is 9.91. The highest BCUT2D eigenvalue weighted by molar-refractivity contribution is 6.11. The van der Waals surface area contributed by atoms with Crippen LogP contribution in [0.3, 0.4) is 0 Å². The summed E-state index contributed by atoms with van der Waals surface area (Å²) in [6.07, 6.45) is 3.20. The Hall–Kier alpha value is -2.35. The lowest BCUT2D eigenvalue weighted by Crippen LogP contribution is -2.09. The Morgan fingerprint density at radius 2 is 1.70 bits per heavy atom. The third kappa shape index (κ3) is 2.39. The fourth-order valence-corrected chi connectivity index (χ4v) is 3.42. The molecule has 0 fully saturated rings. The van der Waals surface area contributed by atoms with Crippen LogP contribution in [0.1, 0.15) is 32.0 Å². The van der Waals surface area contributed by atoms with Gasteiger partial charge in [-0.2, -0.15) is 0 Å². The van der Waals surface area contributed by atoms with Gasteiger partial charge in [0.15, 0.2) is 0 Å². The minimum Gasteiger partial charge on any atom is -0.299 e. The third-order valence-corrected chi connectivity index (χ3v) is 4.34. The van der Waals surface area contributed by atoms with Crippen molar-refractivity contribution < 1.29 is 0 Å². The average Bonchev–Trinajstić information content (AvgIpc) is 2.89. The largest absolute Gasteiger partial charge is 0.299 e. The van der Waals surface area contributed by atoms with Crippen molar-refractivity contribution in [3.05, 3.63) is 59.9 Å². The molecular weight excluding hydrogens is 280 g/mol. The van der Waals surface area contributed by atoms with Crippen molar-refractivity contribution in [1.29, 1.82) is 0 Å². The Morgan fingerprint density at radius 3 is 2.43 bits per heavy atom. The Labute approximate surface area is 136 Å². The van der Waals surface area contributed by atoms with Crippen molar-refractivity contribution in [2.24, 2.45) is 5.41 Å². The second-order valence-corrected chi connectivity index (χ2v) is 7.73. The highest BCUT2D eigenvalue weighted by Crippen LogP contribution is 2.31. The molecule has 0 aliphatic heterocycles. The summed E-state index contributed by atoms with van der Waals surface area (Å²) in [6, 6.07) is 15.3. The number of aromatic nitrogens is 2. The van der Waals surface area contributed by atoms with E-state index >= 15 is 0 Å². The monoisotopic (exact) mass is 302 g/mol. The molecule has 23 heavy (non-hydrogen) atoms. The van der Waals surface area contributed by atoms with Crippen LogP contribution in [0.4, 0.5) is 0 Å². The van der Waals surface area contributed by atoms with Gasteiger partial charge in [0.2, 0.25) is 0 Å². The number of nitrogens with zero attached hydrogens (tertiary/aromatic N) is 2. The number of hydrogen-bond donors (Lipinski definition) is 0. The molecule has 2 heteroatoms. The summed E-state index contributed by atoms with van der Waals surface area (Å²) in [5.74, 6) is 0. The van der Waals surface area contributed by atoms with Crippen LogP contribution in [-0.2, 0) is 6.42 Å². The quantitative estimate of drug-likeness (QED) is 0.422. The third-order valence-electron chi connectivity index (χ3n) is 4.34. The van der Waals surface area contributed by atoms with Crippen LogP contribution in [0.25, 0.3) is 27.3 Å². The first-order chi connectivity index (χ1) is 10.9. The summed E-state index contributed by atoms with van der Waals surface area (Å²) in [6.45, 7) is 8.93. The van der Waals surface area contributed by atoms with Crippen LogP contribution >= 0.6 is 0 Å². The standard InChI is InChI=1S/C21H22N2/c1-14-9-10-19-18(11-14)16-7-5-6-8-17(16)20-22-15(13-23(19)20)12-21(2,3)4/h5-11,13H,12H2,1-4H3. The summed E-state index contributed by atoms with van der Waals surface area (Å²) in [7, 11) is 0. The van der Waals surface area contributed by atoms with Gasteiger partial charge in [-0.15, -0.1) is 0 Å². The van der Waals surface area contributed by atoms with Crippen LogP contribution < -0.4 is 0 Å². The van der Waals surface area contributed by atoms with Gasteiger partial charge in [-0.25, -0.2) is 4.98 Å². The predicted octanol–water partition coefficient (Wildman–Crippen LogP) is 5.54. The van der Waals surface area contributed by atoms with E-state index in [9.17, 15) is 0 Å². The van der Waals surface area contributed by atoms with Gasteiger partial charge in [-0.05, 0) is 36.3 Å². The number of fused-ring (bicyclic) bond motifs is 6. The van der Waals surface area contributed by atoms with Gasteiger partial charge in [0, 0.05) is 17.0 Å². The van der Waals surface area contributed by atoms with Gasteiger partial charge in [0.25, 0.3) is 0 Å². The van der Waals surface area contributed by atoms with Crippen LogP contribution in [-0.4, -0.2) is 9.38 Å². The summed E-state index contributed by atoms with van der Waals surface area (Å²) in [4.78, 5) is 4.96. The van der Waals surface area contributed by atoms with E-state index in [2.05, 4.69) is 80.8 Å². The molecule has 0 unspecified atom stereocenters. The Balaban J connectivity index is 2.14. The van der Waals surface area contributed by atoms with Gasteiger partial charge in [0.1, 0.15) is 5.65 Å². The first kappa shape index (κ1) is 14.3. The molecule has 0 bridgehead atoms. The maximum atomic E-state index is 4.96. The fraction of sp³-hybridized carbons (Fsp3) is 0.286. The molecule has 0 amide bonds. The van der Waals surface area contributed by atoms with E-state index in [1.54, 1.807) is 0 Å². The van der Waals surface area contributed by atoms with Crippen molar-refractivity contribution >= 4 is 27.3 Å². The van der Waals surface area contributed by atoms with Crippen molar-refractivity contribution in [2.45, 2.75) is 34.1 Å². The van der Waals surface area contributed by atoms with Gasteiger partial charge in [0.05, 0.1) is 11.2 Å². The molecule has 4 aromatic rings. The van der Waals surface area contributed by atoms with Crippen molar-refractivity contribution in [2.75, 3.05) is 0 Å². The van der Waals surface area contributed by atoms with Gasteiger partial charge >= 0.3 is 0 Å². The predicted molar refractivity (Wildman–Crippen MR) is 98.1 cm³/mol. The van der Waals surface area contributed by atoms with E-state index in [1.165, 1.54) is 27.2 Å². The molecule has 116 valence electrons. The molecule has 0 radical (unpaired) electrons. The van der Waals surface area contributed by atoms with Crippen LogP contribution in [0, 0.1) is 12.3 Å². The molecule has 0 spiro atoms. The lowest BCUT2D eigenvalue weighted by Gasteiger charge is -2.15. The Kier molecular flexibility index (Phi) is 2.99. The molecule has 0 saturated carbocycles. The second kappa shape index (κ2) is 4.82. The summed E-state index contributed by atoms with van der Waals surface area (Å²) >= 11 is 0. The number of pyridine rings is 1. The zero-order valence-electron chi connectivity index (χ0n) is 14.2. The summed E-state index contributed by atoms with van der Waals surface area (Å²) in [5, 5.41) is 3.81. The molecule has 0 aliphatic carbocycles. The number of benzene rings is 2. The maximum Gasteiger partial charge on any atom is 0.145 e. The lowest BCUT2D eigenvalue weighted by molar-refractivity contribution is 0.407. The topological polar surface area (TPSA) is 17.3 Å². The molecule has 0 aliphatic rings. The van der Waals surface area contributed by atoms with Crippen LogP contribution in [0.15, 0.2) is 48.7 Å². The highest BCUT2D eigenvalue weighted by atomic mass is 15.0. The zero-order chi connectivity index (χ0) is 16.2. The summed E-state index contributed by atoms with van der Waals surface area (Å²) < 4.78 is 2.26. The smallest absolute Gasteiger partial charge is 0.145 e. The van der Waals surface area contributed by atoms with Crippen molar-refractivity contribution in [3.63, 3.8) is 0 Å². The highest BCUT2D eigenvalue weighted by Gasteiger charge is 2.16. The molecule has 2 heterocycles. The number of hydrogen-bond acceptors (Lipinski definition) is 1. The van der Waals surface area contributed by atoms with Crippen LogP contribution in [0.2, 0.25) is 0 Å². The van der Waals surface area contributed by atoms with E-state index < -0.39 is 0 Å². The molecule has 2 nitrogen and oxygen atoms in total. The van der Waals surface area contributed by atoms with Crippen molar-refractivity contribution in [1.82, 2.24) is 9.38 Å². The zero-order valence-corrected chi connectivity index (χ0v) is 14.2. The molecule has 0 N–H and O–H groups in total. The molecular formula is C21H22N2. The Bertz CT molecular complexity index is 1030. The fourth-order valence-electron chi connectivity index (χ4n) is 3.42. The van der Waals surface area contributed by atoms with E-state index in [-0.39, 0.29) is 5.41 Å². The SMILES string of the molecule is Cc1ccc2c(c1)c1ccccc1c1nc(CC(C)(C)C)cn21. The first-order valence-electron chi connectivity index (χ1n) is 8.21. The minimum atomic E-state index is 0.236. The van der Waals surface area contributed by atoms with Crippen LogP contribution in [0.5, 0.6) is 0 Å². The normalized spacial score (nSPS) is 12.5. The molecule has 0 saturated heterocycles. The van der Waals surface area contributed by atoms with Gasteiger partial charge < -0.3 is 0 Å². The van der Waals surface area contributed by atoms with Gasteiger partial charge in [-0.1, -0.05) is 56.7 Å². The van der Waals surface area contributed by atoms with Gasteiger partial charge in [-0.3, -0.25) is 4.40 Å². The Morgan fingerprint density at radius 1 is 0.957 bits per heavy atom. The average molecular weight is 302 g/mol. The molecule has 2 aromatic carbocycles. The first-order valence-corrected chi connectivity index (χ1v) is 8.21. The second-order valence-electron chi connectivity index (χ2n) is 7.73. The van der Waals surface area contributed by atoms with E-state index in [4.69, 9.17) is 4.98 Å². The number of imidazole rings is 1. The maximum absolute atomic E-state index is 4.96. The molecule has 2 aromatic heterocycles. The van der Waals surface area contributed by atoms with E-state index in [0.717, 1.165) is 17.8 Å². The molecule has 0 atom stereocenters. The number of aryl methyl sites for hydroxylation is 1. The molecule has 4 rings (SSSR count). The van der Waals surface area contributed by atoms with E-state index in [0.29, 0.717) is 0 Å².